The number of hydrogen-bond donors (Lipinski definition) is 1. The van der Waals surface area contributed by atoms with Gasteiger partial charge in [-0.25, -0.2) is 0 Å². The molecule has 3 rings (SSSR count). The highest BCUT2D eigenvalue weighted by Gasteiger charge is 2.30. The number of ketones is 1. The number of fused-ring (bicyclic) bond motifs is 1. The zero-order chi connectivity index (χ0) is 14.1. The molecule has 0 spiro atoms. The van der Waals surface area contributed by atoms with E-state index in [-0.39, 0.29) is 17.7 Å². The summed E-state index contributed by atoms with van der Waals surface area (Å²) < 4.78 is 1.96. The van der Waals surface area contributed by atoms with Crippen molar-refractivity contribution < 1.29 is 4.79 Å². The minimum Gasteiger partial charge on any atom is -0.327 e. The summed E-state index contributed by atoms with van der Waals surface area (Å²) in [5.41, 5.74) is 8.03. The average Bonchev–Trinajstić information content (AvgIpc) is 3.03. The van der Waals surface area contributed by atoms with Gasteiger partial charge in [0.25, 0.3) is 0 Å². The largest absolute Gasteiger partial charge is 0.327 e. The fourth-order valence-electron chi connectivity index (χ4n) is 3.25. The van der Waals surface area contributed by atoms with Crippen molar-refractivity contribution in [3.05, 3.63) is 30.0 Å². The van der Waals surface area contributed by atoms with Crippen LogP contribution in [-0.2, 0) is 17.8 Å². The van der Waals surface area contributed by atoms with E-state index >= 15 is 0 Å². The number of nitrogens with zero attached hydrogens (tertiary/aromatic N) is 2. The molecule has 2 unspecified atom stereocenters. The van der Waals surface area contributed by atoms with Crippen LogP contribution in [0, 0.1) is 5.92 Å². The molecule has 1 aromatic carbocycles. The number of nitrogens with two attached hydrogens (primary N) is 1. The molecular formula is C16H21N3O. The number of benzene rings is 1. The molecule has 2 N–H and O–H groups in total. The normalized spacial score (nSPS) is 22.5. The number of carbonyl (C=O) groups excluding carboxylic acids is 1. The fraction of sp³-hybridized carbons (Fsp3) is 0.500. The van der Waals surface area contributed by atoms with E-state index < -0.39 is 0 Å². The topological polar surface area (TPSA) is 60.9 Å². The molecule has 20 heavy (non-hydrogen) atoms. The first-order valence-corrected chi connectivity index (χ1v) is 7.43. The van der Waals surface area contributed by atoms with E-state index in [1.54, 1.807) is 0 Å². The summed E-state index contributed by atoms with van der Waals surface area (Å²) in [6.45, 7) is 2.88. The third-order valence-electron chi connectivity index (χ3n) is 4.36. The summed E-state index contributed by atoms with van der Waals surface area (Å²) in [4.78, 5) is 12.4. The third-order valence-corrected chi connectivity index (χ3v) is 4.36. The van der Waals surface area contributed by atoms with Crippen LogP contribution in [0.25, 0.3) is 10.9 Å². The van der Waals surface area contributed by atoms with Gasteiger partial charge in [-0.2, -0.15) is 5.10 Å². The predicted molar refractivity (Wildman–Crippen MR) is 79.4 cm³/mol. The molecule has 0 saturated heterocycles. The zero-order valence-electron chi connectivity index (χ0n) is 11.9. The molecule has 1 aliphatic rings. The lowest BCUT2D eigenvalue weighted by atomic mass is 9.95. The first-order valence-electron chi connectivity index (χ1n) is 7.43. The quantitative estimate of drug-likeness (QED) is 0.928. The van der Waals surface area contributed by atoms with Gasteiger partial charge in [-0.1, -0.05) is 24.6 Å². The van der Waals surface area contributed by atoms with E-state index in [0.717, 1.165) is 42.4 Å². The van der Waals surface area contributed by atoms with Crippen molar-refractivity contribution in [2.24, 2.45) is 11.7 Å². The van der Waals surface area contributed by atoms with Crippen molar-refractivity contribution >= 4 is 16.7 Å². The molecule has 0 bridgehead atoms. The maximum Gasteiger partial charge on any atom is 0.143 e. The molecule has 0 amide bonds. The van der Waals surface area contributed by atoms with Gasteiger partial charge in [-0.05, 0) is 25.8 Å². The lowest BCUT2D eigenvalue weighted by Gasteiger charge is -2.12. The van der Waals surface area contributed by atoms with E-state index in [2.05, 4.69) is 18.1 Å². The Hall–Kier alpha value is -1.68. The highest BCUT2D eigenvalue weighted by atomic mass is 16.1. The number of aryl methyl sites for hydroxylation is 1. The number of para-hydroxylation sites is 1. The van der Waals surface area contributed by atoms with Crippen molar-refractivity contribution in [2.45, 2.75) is 45.2 Å². The number of Topliss-reactive ketones (excluding diaryl/α,β-unsaturated/α-hetero) is 1. The minimum absolute atomic E-state index is 0.0283. The van der Waals surface area contributed by atoms with Crippen LogP contribution in [0.3, 0.4) is 0 Å². The van der Waals surface area contributed by atoms with Crippen LogP contribution in [0.5, 0.6) is 0 Å². The predicted octanol–water partition coefficient (Wildman–Crippen LogP) is 2.30. The first kappa shape index (κ1) is 13.3. The number of aromatic nitrogens is 2. The van der Waals surface area contributed by atoms with E-state index in [1.807, 2.05) is 22.9 Å². The maximum absolute atomic E-state index is 12.4. The van der Waals surface area contributed by atoms with Gasteiger partial charge in [-0.15, -0.1) is 0 Å². The van der Waals surface area contributed by atoms with Crippen LogP contribution in [0.4, 0.5) is 0 Å². The Kier molecular flexibility index (Phi) is 3.57. The van der Waals surface area contributed by atoms with Crippen LogP contribution in [0.2, 0.25) is 0 Å². The van der Waals surface area contributed by atoms with Crippen LogP contribution >= 0.6 is 0 Å². The standard InChI is InChI=1S/C16H21N3O/c1-2-19-15-9-4-3-6-12(15)14(18-19)10-16(20)11-7-5-8-13(11)17/h3-4,6,9,11,13H,2,5,7-8,10,17H2,1H3. The van der Waals surface area contributed by atoms with Crippen LogP contribution in [-0.4, -0.2) is 21.6 Å². The summed E-state index contributed by atoms with van der Waals surface area (Å²) in [5, 5.41) is 5.69. The summed E-state index contributed by atoms with van der Waals surface area (Å²) in [6.07, 6.45) is 3.39. The molecule has 1 heterocycles. The Morgan fingerprint density at radius 2 is 2.20 bits per heavy atom. The Bertz CT molecular complexity index is 632. The van der Waals surface area contributed by atoms with Gasteiger partial charge in [0.1, 0.15) is 5.78 Å². The Balaban J connectivity index is 1.89. The van der Waals surface area contributed by atoms with E-state index in [0.29, 0.717) is 6.42 Å². The SMILES string of the molecule is CCn1nc(CC(=O)C2CCCC2N)c2ccccc21. The van der Waals surface area contributed by atoms with Gasteiger partial charge in [0.2, 0.25) is 0 Å². The summed E-state index contributed by atoms with van der Waals surface area (Å²) in [7, 11) is 0. The number of hydrogen-bond acceptors (Lipinski definition) is 3. The second kappa shape index (κ2) is 5.37. The third kappa shape index (κ3) is 2.24. The molecule has 106 valence electrons. The zero-order valence-corrected chi connectivity index (χ0v) is 11.9. The summed E-state index contributed by atoms with van der Waals surface area (Å²) in [5.74, 6) is 0.280. The van der Waals surface area contributed by atoms with Crippen molar-refractivity contribution in [1.29, 1.82) is 0 Å². The maximum atomic E-state index is 12.4. The van der Waals surface area contributed by atoms with Gasteiger partial charge >= 0.3 is 0 Å². The molecule has 1 saturated carbocycles. The molecule has 1 aromatic heterocycles. The monoisotopic (exact) mass is 271 g/mol. The molecule has 4 nitrogen and oxygen atoms in total. The van der Waals surface area contributed by atoms with E-state index in [4.69, 9.17) is 5.73 Å². The number of carbonyl (C=O) groups is 1. The van der Waals surface area contributed by atoms with Crippen LogP contribution in [0.15, 0.2) is 24.3 Å². The van der Waals surface area contributed by atoms with Crippen molar-refractivity contribution in [3.8, 4) is 0 Å². The number of rotatable bonds is 4. The molecule has 2 aromatic rings. The average molecular weight is 271 g/mol. The summed E-state index contributed by atoms with van der Waals surface area (Å²) in [6, 6.07) is 8.16. The smallest absolute Gasteiger partial charge is 0.143 e. The molecular weight excluding hydrogens is 250 g/mol. The van der Waals surface area contributed by atoms with E-state index in [9.17, 15) is 4.79 Å². The van der Waals surface area contributed by atoms with Crippen molar-refractivity contribution in [2.75, 3.05) is 0 Å². The van der Waals surface area contributed by atoms with Gasteiger partial charge in [0, 0.05) is 23.9 Å². The highest BCUT2D eigenvalue weighted by Crippen LogP contribution is 2.27. The van der Waals surface area contributed by atoms with Crippen molar-refractivity contribution in [1.82, 2.24) is 9.78 Å². The first-order chi connectivity index (χ1) is 9.70. The van der Waals surface area contributed by atoms with E-state index in [1.165, 1.54) is 0 Å². The Labute approximate surface area is 119 Å². The molecule has 1 fully saturated rings. The molecule has 4 heteroatoms. The lowest BCUT2D eigenvalue weighted by molar-refractivity contribution is -0.122. The van der Waals surface area contributed by atoms with Crippen LogP contribution < -0.4 is 5.73 Å². The molecule has 0 radical (unpaired) electrons. The molecule has 1 aliphatic carbocycles. The Morgan fingerprint density at radius 3 is 2.90 bits per heavy atom. The molecule has 2 atom stereocenters. The van der Waals surface area contributed by atoms with Gasteiger partial charge < -0.3 is 5.73 Å². The van der Waals surface area contributed by atoms with Crippen molar-refractivity contribution in [3.63, 3.8) is 0 Å². The summed E-state index contributed by atoms with van der Waals surface area (Å²) >= 11 is 0. The van der Waals surface area contributed by atoms with Gasteiger partial charge in [-0.3, -0.25) is 9.48 Å². The molecule has 0 aliphatic heterocycles. The second-order valence-electron chi connectivity index (χ2n) is 5.62. The Morgan fingerprint density at radius 1 is 1.40 bits per heavy atom. The van der Waals surface area contributed by atoms with Crippen LogP contribution in [0.1, 0.15) is 31.9 Å². The second-order valence-corrected chi connectivity index (χ2v) is 5.62. The van der Waals surface area contributed by atoms with Gasteiger partial charge in [0.05, 0.1) is 17.6 Å². The highest BCUT2D eigenvalue weighted by molar-refractivity contribution is 5.90. The fourth-order valence-corrected chi connectivity index (χ4v) is 3.25. The van der Waals surface area contributed by atoms with Gasteiger partial charge in [0.15, 0.2) is 0 Å². The lowest BCUT2D eigenvalue weighted by Crippen LogP contribution is -2.31. The minimum atomic E-state index is 0.0283.